The molecule has 0 amide bonds. The number of aliphatic hydroxyl groups excluding tert-OH is 1. The van der Waals surface area contributed by atoms with E-state index in [-0.39, 0.29) is 16.6 Å². The first-order chi connectivity index (χ1) is 19.6. The lowest BCUT2D eigenvalue weighted by molar-refractivity contribution is -0.154. The molecule has 9 nitrogen and oxygen atoms in total. The second-order valence-corrected chi connectivity index (χ2v) is 12.0. The first-order valence-electron chi connectivity index (χ1n) is 13.0. The van der Waals surface area contributed by atoms with E-state index in [0.717, 1.165) is 31.3 Å². The zero-order valence-electron chi connectivity index (χ0n) is 22.2. The van der Waals surface area contributed by atoms with E-state index in [4.69, 9.17) is 21.1 Å². The lowest BCUT2D eigenvalue weighted by Crippen LogP contribution is -2.26. The van der Waals surface area contributed by atoms with Gasteiger partial charge in [0.15, 0.2) is 6.61 Å². The molecule has 5 rings (SSSR count). The number of aliphatic hydroxyl groups is 1. The average Bonchev–Trinajstić information content (AvgIpc) is 3.85. The minimum Gasteiger partial charge on any atom is -0.454 e. The van der Waals surface area contributed by atoms with Gasteiger partial charge in [0.05, 0.1) is 16.9 Å². The third-order valence-electron chi connectivity index (χ3n) is 6.77. The van der Waals surface area contributed by atoms with Gasteiger partial charge in [0.2, 0.25) is 11.9 Å². The average molecular weight is 611 g/mol. The number of allylic oxidation sites excluding steroid dienone is 4. The number of halogens is 4. The molecule has 1 aromatic heterocycles. The fourth-order valence-electron chi connectivity index (χ4n) is 4.23. The Hall–Kier alpha value is -2.84. The highest BCUT2D eigenvalue weighted by Gasteiger charge is 2.46. The number of ether oxygens (including phenoxy) is 2. The smallest absolute Gasteiger partial charge is 0.422 e. The monoisotopic (exact) mass is 610 g/mol. The Labute approximate surface area is 244 Å². The highest BCUT2D eigenvalue weighted by atomic mass is 35.5. The highest BCUT2D eigenvalue weighted by Crippen LogP contribution is 2.48. The zero-order chi connectivity index (χ0) is 29.1. The van der Waals surface area contributed by atoms with Gasteiger partial charge >= 0.3 is 12.2 Å². The third kappa shape index (κ3) is 8.13. The quantitative estimate of drug-likeness (QED) is 0.161. The Kier molecular flexibility index (Phi) is 8.81. The summed E-state index contributed by atoms with van der Waals surface area (Å²) < 4.78 is 51.7. The topological polar surface area (TPSA) is 113 Å². The molecular weight excluding hydrogens is 581 g/mol. The van der Waals surface area contributed by atoms with Crippen LogP contribution < -0.4 is 20.1 Å². The Bertz CT molecular complexity index is 1330. The van der Waals surface area contributed by atoms with Crippen LogP contribution in [-0.4, -0.2) is 56.8 Å². The summed E-state index contributed by atoms with van der Waals surface area (Å²) in [5.74, 6) is 0.0742. The largest absolute Gasteiger partial charge is 0.454 e. The Morgan fingerprint density at radius 3 is 2.46 bits per heavy atom. The maximum absolute atomic E-state index is 12.9. The fourth-order valence-corrected chi connectivity index (χ4v) is 5.36. The van der Waals surface area contributed by atoms with Gasteiger partial charge < -0.3 is 25.2 Å². The molecule has 3 aliphatic carbocycles. The summed E-state index contributed by atoms with van der Waals surface area (Å²) in [5, 5.41) is 17.5. The van der Waals surface area contributed by atoms with E-state index in [2.05, 4.69) is 30.3 Å². The van der Waals surface area contributed by atoms with Crippen LogP contribution in [0.15, 0.2) is 59.2 Å². The number of rotatable bonds is 13. The second-order valence-electron chi connectivity index (χ2n) is 10.2. The van der Waals surface area contributed by atoms with Crippen molar-refractivity contribution in [2.75, 3.05) is 31.0 Å². The maximum Gasteiger partial charge on any atom is 0.422 e. The van der Waals surface area contributed by atoms with Crippen LogP contribution in [0.4, 0.5) is 30.8 Å². The molecule has 1 atom stereocenters. The van der Waals surface area contributed by atoms with E-state index in [1.807, 2.05) is 24.3 Å². The molecule has 220 valence electrons. The van der Waals surface area contributed by atoms with Gasteiger partial charge in [-0.15, -0.1) is 0 Å². The van der Waals surface area contributed by atoms with Crippen LogP contribution in [-0.2, 0) is 4.74 Å². The summed E-state index contributed by atoms with van der Waals surface area (Å²) in [5.41, 5.74) is 1.69. The van der Waals surface area contributed by atoms with Crippen LogP contribution in [0.5, 0.6) is 6.01 Å². The number of aromatic nitrogens is 3. The predicted molar refractivity (Wildman–Crippen MR) is 152 cm³/mol. The van der Waals surface area contributed by atoms with Crippen LogP contribution in [0.1, 0.15) is 43.9 Å². The van der Waals surface area contributed by atoms with Gasteiger partial charge in [-0.1, -0.05) is 53.9 Å². The van der Waals surface area contributed by atoms with E-state index >= 15 is 0 Å². The van der Waals surface area contributed by atoms with Crippen LogP contribution >= 0.6 is 23.5 Å². The molecule has 4 N–H and O–H groups in total. The van der Waals surface area contributed by atoms with Gasteiger partial charge in [0.1, 0.15) is 6.23 Å². The minimum absolute atomic E-state index is 0.000622. The number of benzene rings is 1. The molecule has 2 fully saturated rings. The summed E-state index contributed by atoms with van der Waals surface area (Å²) in [7, 11) is 1.66. The van der Waals surface area contributed by atoms with E-state index < -0.39 is 30.6 Å². The summed E-state index contributed by atoms with van der Waals surface area (Å²) in [4.78, 5) is 12.5. The maximum atomic E-state index is 12.9. The molecule has 1 aromatic carbocycles. The zero-order valence-corrected chi connectivity index (χ0v) is 23.7. The fraction of sp³-hybridized carbons (Fsp3) is 0.444. The van der Waals surface area contributed by atoms with Gasteiger partial charge in [0, 0.05) is 24.3 Å². The predicted octanol–water partition coefficient (Wildman–Crippen LogP) is 5.92. The number of methoxy groups -OCH3 is 1. The van der Waals surface area contributed by atoms with Crippen molar-refractivity contribution in [3.63, 3.8) is 0 Å². The van der Waals surface area contributed by atoms with Gasteiger partial charge in [-0.05, 0) is 55.0 Å². The van der Waals surface area contributed by atoms with Crippen molar-refractivity contribution in [3.05, 3.63) is 64.7 Å². The molecule has 0 bridgehead atoms. The van der Waals surface area contributed by atoms with Crippen molar-refractivity contribution in [3.8, 4) is 6.01 Å². The summed E-state index contributed by atoms with van der Waals surface area (Å²) in [6.07, 6.45) is 6.44. The number of anilines is 3. The van der Waals surface area contributed by atoms with E-state index in [1.54, 1.807) is 31.4 Å². The number of hydrogen-bond acceptors (Lipinski definition) is 10. The molecule has 0 radical (unpaired) electrons. The summed E-state index contributed by atoms with van der Waals surface area (Å²) in [6.45, 7) is -0.931. The van der Waals surface area contributed by atoms with Crippen LogP contribution in [0, 0.1) is 0 Å². The first kappa shape index (κ1) is 29.6. The molecule has 41 heavy (non-hydrogen) atoms. The molecule has 0 saturated heterocycles. The van der Waals surface area contributed by atoms with Gasteiger partial charge in [-0.25, -0.2) is 4.72 Å². The van der Waals surface area contributed by atoms with Crippen molar-refractivity contribution in [2.45, 2.75) is 54.8 Å². The van der Waals surface area contributed by atoms with E-state index in [1.165, 1.54) is 11.9 Å². The van der Waals surface area contributed by atoms with Crippen molar-refractivity contribution in [1.82, 2.24) is 19.7 Å². The van der Waals surface area contributed by atoms with Crippen molar-refractivity contribution in [1.29, 1.82) is 0 Å². The molecule has 14 heteroatoms. The van der Waals surface area contributed by atoms with Crippen molar-refractivity contribution < 1.29 is 27.8 Å². The normalized spacial score (nSPS) is 19.5. The van der Waals surface area contributed by atoms with Crippen LogP contribution in [0.3, 0.4) is 0 Å². The molecule has 2 aromatic rings. The Morgan fingerprint density at radius 2 is 1.80 bits per heavy atom. The van der Waals surface area contributed by atoms with E-state index in [9.17, 15) is 18.3 Å². The van der Waals surface area contributed by atoms with Crippen LogP contribution in [0.25, 0.3) is 0 Å². The minimum atomic E-state index is -4.56. The molecule has 1 unspecified atom stereocenters. The number of nitrogens with zero attached hydrogens (tertiary/aromatic N) is 3. The van der Waals surface area contributed by atoms with Crippen LogP contribution in [0.2, 0.25) is 0 Å². The molecule has 0 spiro atoms. The lowest BCUT2D eigenvalue weighted by Gasteiger charge is -2.20. The van der Waals surface area contributed by atoms with Crippen molar-refractivity contribution in [2.24, 2.45) is 0 Å². The molecular formula is C27H30ClF3N6O3S. The molecule has 1 heterocycles. The highest BCUT2D eigenvalue weighted by molar-refractivity contribution is 7.99. The summed E-state index contributed by atoms with van der Waals surface area (Å²) in [6, 6.07) is 6.39. The number of alkyl halides is 3. The molecule has 3 aliphatic rings. The van der Waals surface area contributed by atoms with Gasteiger partial charge in [0.25, 0.3) is 0 Å². The SMILES string of the molecule is COCC1(SNC(O)c2ccc(Nc3nc(NC4(C5=CC=C(Cl)CC=C5)CC4)nc(OCC(F)(F)F)n3)cc2)CC1. The molecule has 0 aliphatic heterocycles. The van der Waals surface area contributed by atoms with E-state index in [0.29, 0.717) is 29.3 Å². The Balaban J connectivity index is 1.30. The van der Waals surface area contributed by atoms with Crippen molar-refractivity contribution >= 4 is 41.1 Å². The summed E-state index contributed by atoms with van der Waals surface area (Å²) >= 11 is 7.62. The standard InChI is InChI=1S/C27H30ClF3N6O3S/c1-39-15-25(11-12-25)41-37-21(38)17-5-9-20(10-6-17)32-22-33-23(35-24(34-22)40-16-27(29,30)31)36-26(13-14-26)18-3-2-4-19(28)8-7-18/h2-3,5-10,21,37-38H,4,11-16H2,1H3,(H2,32,33,34,35,36). The van der Waals surface area contributed by atoms with Gasteiger partial charge in [-0.3, -0.25) is 0 Å². The third-order valence-corrected chi connectivity index (χ3v) is 8.35. The molecule has 2 saturated carbocycles. The second kappa shape index (κ2) is 12.2. The number of hydrogen-bond donors (Lipinski definition) is 4. The first-order valence-corrected chi connectivity index (χ1v) is 14.2. The number of nitrogens with one attached hydrogen (secondary N) is 3. The lowest BCUT2D eigenvalue weighted by atomic mass is 10.0. The van der Waals surface area contributed by atoms with Gasteiger partial charge in [-0.2, -0.15) is 28.1 Å². The Morgan fingerprint density at radius 1 is 1.07 bits per heavy atom.